The molecule has 0 radical (unpaired) electrons. The number of nitrogens with one attached hydrogen (secondary N) is 1. The molecular formula is C12H18N4O. The maximum Gasteiger partial charge on any atom is 0.255 e. The summed E-state index contributed by atoms with van der Waals surface area (Å²) in [6, 6.07) is 2.18. The fourth-order valence-electron chi connectivity index (χ4n) is 1.62. The standard InChI is InChI=1S/C12H18N4O/c1-5-12(6-2,8-13)15-11(17)10-7-14-16(4)9(10)3/h7H,5-6H2,1-4H3,(H,15,17). The Bertz CT molecular complexity index is 452. The Labute approximate surface area is 101 Å². The minimum atomic E-state index is -0.778. The fraction of sp³-hybridized carbons (Fsp3) is 0.583. The predicted octanol–water partition coefficient (Wildman–Crippen LogP) is 1.54. The van der Waals surface area contributed by atoms with Gasteiger partial charge in [-0.15, -0.1) is 0 Å². The highest BCUT2D eigenvalue weighted by molar-refractivity contribution is 5.95. The van der Waals surface area contributed by atoms with Crippen LogP contribution in [-0.2, 0) is 7.05 Å². The van der Waals surface area contributed by atoms with Crippen LogP contribution in [-0.4, -0.2) is 21.2 Å². The molecule has 0 spiro atoms. The second kappa shape index (κ2) is 5.00. The van der Waals surface area contributed by atoms with Crippen LogP contribution in [0.2, 0.25) is 0 Å². The number of amides is 1. The van der Waals surface area contributed by atoms with E-state index in [9.17, 15) is 4.79 Å². The highest BCUT2D eigenvalue weighted by Crippen LogP contribution is 2.15. The minimum absolute atomic E-state index is 0.235. The molecule has 1 N–H and O–H groups in total. The van der Waals surface area contributed by atoms with E-state index in [0.717, 1.165) is 5.69 Å². The van der Waals surface area contributed by atoms with E-state index in [1.165, 1.54) is 6.20 Å². The van der Waals surface area contributed by atoms with Gasteiger partial charge in [0.1, 0.15) is 5.54 Å². The van der Waals surface area contributed by atoms with Crippen LogP contribution in [0.15, 0.2) is 6.20 Å². The molecule has 17 heavy (non-hydrogen) atoms. The minimum Gasteiger partial charge on any atom is -0.334 e. The maximum atomic E-state index is 12.1. The van der Waals surface area contributed by atoms with Crippen LogP contribution in [0.5, 0.6) is 0 Å². The van der Waals surface area contributed by atoms with Crippen molar-refractivity contribution in [1.29, 1.82) is 5.26 Å². The smallest absolute Gasteiger partial charge is 0.255 e. The zero-order chi connectivity index (χ0) is 13.1. The summed E-state index contributed by atoms with van der Waals surface area (Å²) >= 11 is 0. The summed E-state index contributed by atoms with van der Waals surface area (Å²) < 4.78 is 1.64. The van der Waals surface area contributed by atoms with Gasteiger partial charge in [0, 0.05) is 12.7 Å². The van der Waals surface area contributed by atoms with Crippen LogP contribution in [0.3, 0.4) is 0 Å². The lowest BCUT2D eigenvalue weighted by Gasteiger charge is -2.24. The van der Waals surface area contributed by atoms with Crippen molar-refractivity contribution >= 4 is 5.91 Å². The van der Waals surface area contributed by atoms with Crippen LogP contribution >= 0.6 is 0 Å². The topological polar surface area (TPSA) is 70.7 Å². The van der Waals surface area contributed by atoms with Gasteiger partial charge < -0.3 is 5.32 Å². The molecule has 0 unspecified atom stereocenters. The Morgan fingerprint density at radius 1 is 1.59 bits per heavy atom. The Kier molecular flexibility index (Phi) is 3.89. The molecule has 5 heteroatoms. The molecule has 0 bridgehead atoms. The number of nitriles is 1. The van der Waals surface area contributed by atoms with Crippen molar-refractivity contribution in [2.75, 3.05) is 0 Å². The Hall–Kier alpha value is -1.83. The second-order valence-electron chi connectivity index (χ2n) is 4.12. The van der Waals surface area contributed by atoms with Crippen molar-refractivity contribution in [3.63, 3.8) is 0 Å². The first-order valence-corrected chi connectivity index (χ1v) is 5.72. The molecule has 0 saturated heterocycles. The van der Waals surface area contributed by atoms with Gasteiger partial charge >= 0.3 is 0 Å². The Morgan fingerprint density at radius 3 is 2.53 bits per heavy atom. The van der Waals surface area contributed by atoms with Gasteiger partial charge in [0.05, 0.1) is 17.8 Å². The normalized spacial score (nSPS) is 11.0. The fourth-order valence-corrected chi connectivity index (χ4v) is 1.62. The van der Waals surface area contributed by atoms with Gasteiger partial charge in [0.25, 0.3) is 5.91 Å². The molecule has 0 aliphatic rings. The summed E-state index contributed by atoms with van der Waals surface area (Å²) in [5.74, 6) is -0.235. The largest absolute Gasteiger partial charge is 0.334 e. The lowest BCUT2D eigenvalue weighted by molar-refractivity contribution is 0.0915. The van der Waals surface area contributed by atoms with Crippen LogP contribution < -0.4 is 5.32 Å². The highest BCUT2D eigenvalue weighted by atomic mass is 16.1. The molecule has 1 amide bonds. The first-order chi connectivity index (χ1) is 7.99. The highest BCUT2D eigenvalue weighted by Gasteiger charge is 2.29. The van der Waals surface area contributed by atoms with Crippen molar-refractivity contribution in [2.45, 2.75) is 39.2 Å². The van der Waals surface area contributed by atoms with E-state index in [2.05, 4.69) is 16.5 Å². The van der Waals surface area contributed by atoms with E-state index < -0.39 is 5.54 Å². The van der Waals surface area contributed by atoms with E-state index in [0.29, 0.717) is 18.4 Å². The number of carbonyl (C=O) groups is 1. The lowest BCUT2D eigenvalue weighted by atomic mass is 9.94. The molecule has 92 valence electrons. The summed E-state index contributed by atoms with van der Waals surface area (Å²) in [6.07, 6.45) is 2.70. The summed E-state index contributed by atoms with van der Waals surface area (Å²) in [6.45, 7) is 5.61. The molecule has 0 atom stereocenters. The molecule has 1 rings (SSSR count). The number of rotatable bonds is 4. The van der Waals surface area contributed by atoms with Crippen molar-refractivity contribution < 1.29 is 4.79 Å². The molecule has 5 nitrogen and oxygen atoms in total. The maximum absolute atomic E-state index is 12.1. The zero-order valence-electron chi connectivity index (χ0n) is 10.7. The van der Waals surface area contributed by atoms with Crippen molar-refractivity contribution in [3.8, 4) is 6.07 Å². The van der Waals surface area contributed by atoms with E-state index >= 15 is 0 Å². The van der Waals surface area contributed by atoms with Gasteiger partial charge in [0.15, 0.2) is 0 Å². The average Bonchev–Trinajstić information content (AvgIpc) is 2.67. The monoisotopic (exact) mass is 234 g/mol. The number of nitrogens with zero attached hydrogens (tertiary/aromatic N) is 3. The third-order valence-corrected chi connectivity index (χ3v) is 3.25. The van der Waals surface area contributed by atoms with E-state index in [4.69, 9.17) is 5.26 Å². The van der Waals surface area contributed by atoms with Crippen molar-refractivity contribution in [2.24, 2.45) is 7.05 Å². The van der Waals surface area contributed by atoms with Crippen LogP contribution in [0.25, 0.3) is 0 Å². The summed E-state index contributed by atoms with van der Waals surface area (Å²) in [5, 5.41) is 16.0. The van der Waals surface area contributed by atoms with Gasteiger partial charge in [-0.1, -0.05) is 13.8 Å². The average molecular weight is 234 g/mol. The predicted molar refractivity (Wildman–Crippen MR) is 64.3 cm³/mol. The van der Waals surface area contributed by atoms with Gasteiger partial charge in [-0.05, 0) is 19.8 Å². The number of aryl methyl sites for hydroxylation is 1. The third-order valence-electron chi connectivity index (χ3n) is 3.25. The zero-order valence-corrected chi connectivity index (χ0v) is 10.7. The van der Waals surface area contributed by atoms with Crippen molar-refractivity contribution in [3.05, 3.63) is 17.5 Å². The number of hydrogen-bond donors (Lipinski definition) is 1. The molecule has 1 aromatic heterocycles. The number of carbonyl (C=O) groups excluding carboxylic acids is 1. The molecule has 0 fully saturated rings. The second-order valence-corrected chi connectivity index (χ2v) is 4.12. The van der Waals surface area contributed by atoms with Gasteiger partial charge in [-0.25, -0.2) is 0 Å². The third kappa shape index (κ3) is 2.47. The molecular weight excluding hydrogens is 216 g/mol. The first kappa shape index (κ1) is 13.2. The molecule has 1 aromatic rings. The van der Waals surface area contributed by atoms with E-state index in [1.807, 2.05) is 20.8 Å². The summed E-state index contributed by atoms with van der Waals surface area (Å²) in [7, 11) is 1.78. The van der Waals surface area contributed by atoms with E-state index in [1.54, 1.807) is 11.7 Å². The van der Waals surface area contributed by atoms with Crippen molar-refractivity contribution in [1.82, 2.24) is 15.1 Å². The van der Waals surface area contributed by atoms with E-state index in [-0.39, 0.29) is 5.91 Å². The molecule has 1 heterocycles. The molecule has 0 saturated carbocycles. The Morgan fingerprint density at radius 2 is 2.18 bits per heavy atom. The van der Waals surface area contributed by atoms with Crippen LogP contribution in [0, 0.1) is 18.3 Å². The summed E-state index contributed by atoms with van der Waals surface area (Å²) in [4.78, 5) is 12.1. The quantitative estimate of drug-likeness (QED) is 0.859. The van der Waals surface area contributed by atoms with Gasteiger partial charge in [-0.3, -0.25) is 9.48 Å². The molecule has 0 aromatic carbocycles. The SMILES string of the molecule is CCC(C#N)(CC)NC(=O)c1cnn(C)c1C. The lowest BCUT2D eigenvalue weighted by Crippen LogP contribution is -2.46. The summed E-state index contributed by atoms with van der Waals surface area (Å²) in [5.41, 5.74) is 0.537. The molecule has 0 aliphatic heterocycles. The van der Waals surface area contributed by atoms with Crippen LogP contribution in [0.1, 0.15) is 42.7 Å². The number of hydrogen-bond acceptors (Lipinski definition) is 3. The van der Waals surface area contributed by atoms with Gasteiger partial charge in [0.2, 0.25) is 0 Å². The van der Waals surface area contributed by atoms with Crippen LogP contribution in [0.4, 0.5) is 0 Å². The first-order valence-electron chi connectivity index (χ1n) is 5.72. The Balaban J connectivity index is 2.93. The number of aromatic nitrogens is 2. The molecule has 0 aliphatic carbocycles. The van der Waals surface area contributed by atoms with Gasteiger partial charge in [-0.2, -0.15) is 10.4 Å².